The van der Waals surface area contributed by atoms with Crippen molar-refractivity contribution in [1.29, 1.82) is 10.5 Å². The molecule has 0 atom stereocenters. The molecule has 0 unspecified atom stereocenters. The summed E-state index contributed by atoms with van der Waals surface area (Å²) in [7, 11) is 0. The highest BCUT2D eigenvalue weighted by Crippen LogP contribution is 2.21. The highest BCUT2D eigenvalue weighted by atomic mass is 14.3. The smallest absolute Gasteiger partial charge is 0.133 e. The Hall–Kier alpha value is -2.06. The first-order valence-corrected chi connectivity index (χ1v) is 4.83. The number of nitriles is 2. The summed E-state index contributed by atoms with van der Waals surface area (Å²) in [6, 6.07) is 11.7. The van der Waals surface area contributed by atoms with Crippen LogP contribution in [0.15, 0.2) is 29.8 Å². The first kappa shape index (κ1) is 11.0. The SMILES string of the molecule is CCC(=C(C#N)C#N)c1ccc(C)cc1. The molecule has 0 bridgehead atoms. The fourth-order valence-electron chi connectivity index (χ4n) is 1.44. The van der Waals surface area contributed by atoms with Gasteiger partial charge in [-0.05, 0) is 24.5 Å². The quantitative estimate of drug-likeness (QED) is 0.682. The van der Waals surface area contributed by atoms with E-state index in [9.17, 15) is 0 Å². The Balaban J connectivity index is 3.27. The van der Waals surface area contributed by atoms with Gasteiger partial charge in [0.15, 0.2) is 0 Å². The highest BCUT2D eigenvalue weighted by Gasteiger charge is 2.06. The molecule has 0 radical (unpaired) electrons. The second kappa shape index (κ2) is 4.98. The molecule has 0 aliphatic heterocycles. The Labute approximate surface area is 90.1 Å². The maximum atomic E-state index is 8.81. The van der Waals surface area contributed by atoms with Crippen molar-refractivity contribution in [2.24, 2.45) is 0 Å². The van der Waals surface area contributed by atoms with E-state index in [0.717, 1.165) is 11.1 Å². The summed E-state index contributed by atoms with van der Waals surface area (Å²) in [4.78, 5) is 0. The van der Waals surface area contributed by atoms with Gasteiger partial charge in [-0.2, -0.15) is 10.5 Å². The van der Waals surface area contributed by atoms with Crippen LogP contribution in [0.3, 0.4) is 0 Å². The monoisotopic (exact) mass is 196 g/mol. The molecule has 1 rings (SSSR count). The molecule has 74 valence electrons. The predicted molar refractivity (Wildman–Crippen MR) is 59.6 cm³/mol. The van der Waals surface area contributed by atoms with Crippen molar-refractivity contribution in [3.63, 3.8) is 0 Å². The number of rotatable bonds is 2. The predicted octanol–water partition coefficient (Wildman–Crippen LogP) is 3.21. The summed E-state index contributed by atoms with van der Waals surface area (Å²) < 4.78 is 0. The second-order valence-electron chi connectivity index (χ2n) is 3.30. The number of nitrogens with zero attached hydrogens (tertiary/aromatic N) is 2. The fourth-order valence-corrected chi connectivity index (χ4v) is 1.44. The van der Waals surface area contributed by atoms with Gasteiger partial charge in [-0.15, -0.1) is 0 Å². The molecule has 0 aliphatic rings. The maximum absolute atomic E-state index is 8.81. The van der Waals surface area contributed by atoms with Gasteiger partial charge >= 0.3 is 0 Å². The van der Waals surface area contributed by atoms with Crippen molar-refractivity contribution in [1.82, 2.24) is 0 Å². The van der Waals surface area contributed by atoms with E-state index in [4.69, 9.17) is 10.5 Å². The first-order chi connectivity index (χ1) is 7.22. The van der Waals surface area contributed by atoms with Crippen LogP contribution in [0.2, 0.25) is 0 Å². The van der Waals surface area contributed by atoms with E-state index in [1.807, 2.05) is 50.3 Å². The van der Waals surface area contributed by atoms with Crippen molar-refractivity contribution in [2.75, 3.05) is 0 Å². The number of hydrogen-bond acceptors (Lipinski definition) is 2. The minimum absolute atomic E-state index is 0.210. The molecule has 0 saturated heterocycles. The zero-order chi connectivity index (χ0) is 11.3. The Morgan fingerprint density at radius 1 is 1.13 bits per heavy atom. The molecular weight excluding hydrogens is 184 g/mol. The lowest BCUT2D eigenvalue weighted by molar-refractivity contribution is 1.22. The Morgan fingerprint density at radius 3 is 2.07 bits per heavy atom. The van der Waals surface area contributed by atoms with Gasteiger partial charge in [-0.1, -0.05) is 36.8 Å². The summed E-state index contributed by atoms with van der Waals surface area (Å²) >= 11 is 0. The minimum Gasteiger partial charge on any atom is -0.192 e. The van der Waals surface area contributed by atoms with Gasteiger partial charge in [0.1, 0.15) is 17.7 Å². The summed E-state index contributed by atoms with van der Waals surface area (Å²) in [5.74, 6) is 0. The zero-order valence-corrected chi connectivity index (χ0v) is 8.91. The summed E-state index contributed by atoms with van der Waals surface area (Å²) in [5.41, 5.74) is 3.16. The molecule has 0 amide bonds. The van der Waals surface area contributed by atoms with Crippen LogP contribution in [0.5, 0.6) is 0 Å². The normalized spacial score (nSPS) is 8.80. The Morgan fingerprint density at radius 2 is 1.67 bits per heavy atom. The molecule has 15 heavy (non-hydrogen) atoms. The van der Waals surface area contributed by atoms with Crippen molar-refractivity contribution in [2.45, 2.75) is 20.3 Å². The molecule has 0 aromatic heterocycles. The van der Waals surface area contributed by atoms with Gasteiger partial charge in [0.2, 0.25) is 0 Å². The maximum Gasteiger partial charge on any atom is 0.133 e. The average Bonchev–Trinajstić information content (AvgIpc) is 2.27. The molecule has 0 saturated carbocycles. The average molecular weight is 196 g/mol. The van der Waals surface area contributed by atoms with Crippen molar-refractivity contribution in [3.05, 3.63) is 41.0 Å². The van der Waals surface area contributed by atoms with E-state index < -0.39 is 0 Å². The molecule has 0 heterocycles. The number of hydrogen-bond donors (Lipinski definition) is 0. The van der Waals surface area contributed by atoms with Gasteiger partial charge in [-0.25, -0.2) is 0 Å². The minimum atomic E-state index is 0.210. The van der Waals surface area contributed by atoms with Crippen LogP contribution < -0.4 is 0 Å². The first-order valence-electron chi connectivity index (χ1n) is 4.83. The molecule has 0 spiro atoms. The van der Waals surface area contributed by atoms with E-state index in [2.05, 4.69) is 0 Å². The van der Waals surface area contributed by atoms with E-state index in [1.165, 1.54) is 5.56 Å². The number of aryl methyl sites for hydroxylation is 1. The molecule has 0 N–H and O–H groups in total. The van der Waals surface area contributed by atoms with Crippen LogP contribution in [-0.2, 0) is 0 Å². The Bertz CT molecular complexity index is 437. The lowest BCUT2D eigenvalue weighted by Gasteiger charge is -2.04. The van der Waals surface area contributed by atoms with Gasteiger partial charge in [0.25, 0.3) is 0 Å². The van der Waals surface area contributed by atoms with Gasteiger partial charge in [0, 0.05) is 0 Å². The standard InChI is InChI=1S/C13H12N2/c1-3-13(12(8-14)9-15)11-6-4-10(2)5-7-11/h4-7H,3H2,1-2H3. The van der Waals surface area contributed by atoms with Gasteiger partial charge in [0.05, 0.1) is 0 Å². The third kappa shape index (κ3) is 2.45. The topological polar surface area (TPSA) is 47.6 Å². The van der Waals surface area contributed by atoms with Gasteiger partial charge in [-0.3, -0.25) is 0 Å². The molecule has 0 fully saturated rings. The van der Waals surface area contributed by atoms with Crippen molar-refractivity contribution in [3.8, 4) is 12.1 Å². The summed E-state index contributed by atoms with van der Waals surface area (Å²) in [6.07, 6.45) is 0.694. The molecule has 2 nitrogen and oxygen atoms in total. The van der Waals surface area contributed by atoms with Crippen molar-refractivity contribution >= 4 is 5.57 Å². The van der Waals surface area contributed by atoms with Gasteiger partial charge < -0.3 is 0 Å². The third-order valence-corrected chi connectivity index (χ3v) is 2.28. The second-order valence-corrected chi connectivity index (χ2v) is 3.30. The van der Waals surface area contributed by atoms with Crippen LogP contribution in [0, 0.1) is 29.6 Å². The summed E-state index contributed by atoms with van der Waals surface area (Å²) in [5, 5.41) is 17.6. The molecule has 0 aliphatic carbocycles. The number of allylic oxidation sites excluding steroid dienone is 2. The molecule has 1 aromatic rings. The lowest BCUT2D eigenvalue weighted by atomic mass is 9.98. The molecule has 2 heteroatoms. The zero-order valence-electron chi connectivity index (χ0n) is 8.91. The van der Waals surface area contributed by atoms with Crippen LogP contribution in [0.1, 0.15) is 24.5 Å². The van der Waals surface area contributed by atoms with E-state index in [1.54, 1.807) is 0 Å². The van der Waals surface area contributed by atoms with Crippen LogP contribution in [-0.4, -0.2) is 0 Å². The van der Waals surface area contributed by atoms with Crippen LogP contribution >= 0.6 is 0 Å². The van der Waals surface area contributed by atoms with Crippen LogP contribution in [0.4, 0.5) is 0 Å². The lowest BCUT2D eigenvalue weighted by Crippen LogP contribution is -1.88. The largest absolute Gasteiger partial charge is 0.192 e. The van der Waals surface area contributed by atoms with E-state index >= 15 is 0 Å². The van der Waals surface area contributed by atoms with Crippen LogP contribution in [0.25, 0.3) is 5.57 Å². The third-order valence-electron chi connectivity index (χ3n) is 2.28. The number of benzene rings is 1. The highest BCUT2D eigenvalue weighted by molar-refractivity contribution is 5.75. The summed E-state index contributed by atoms with van der Waals surface area (Å²) in [6.45, 7) is 3.96. The molecule has 1 aromatic carbocycles. The fraction of sp³-hybridized carbons (Fsp3) is 0.231. The Kier molecular flexibility index (Phi) is 3.66. The van der Waals surface area contributed by atoms with E-state index in [0.29, 0.717) is 6.42 Å². The molecular formula is C13H12N2. The van der Waals surface area contributed by atoms with Crippen molar-refractivity contribution < 1.29 is 0 Å². The van der Waals surface area contributed by atoms with E-state index in [-0.39, 0.29) is 5.57 Å².